The lowest BCUT2D eigenvalue weighted by Gasteiger charge is -2.41. The Labute approximate surface area is 117 Å². The molecule has 3 saturated heterocycles. The molecule has 0 aromatic heterocycles. The summed E-state index contributed by atoms with van der Waals surface area (Å²) in [5.41, 5.74) is 1.06. The molecule has 0 radical (unpaired) electrons. The molecular weight excluding hydrogens is 258 g/mol. The number of hydrogen-bond donors (Lipinski definition) is 2. The normalized spacial score (nSPS) is 20.8. The van der Waals surface area contributed by atoms with Crippen molar-refractivity contribution < 1.29 is 19.7 Å². The highest BCUT2D eigenvalue weighted by atomic mass is 16.5. The molecule has 0 amide bonds. The molecule has 1 aromatic rings. The second-order valence-electron chi connectivity index (χ2n) is 5.24. The zero-order valence-electron chi connectivity index (χ0n) is 11.3. The maximum Gasteiger partial charge on any atom is 0.182 e. The summed E-state index contributed by atoms with van der Waals surface area (Å²) in [5, 5.41) is 19.7. The predicted molar refractivity (Wildman–Crippen MR) is 73.6 cm³/mol. The highest BCUT2D eigenvalue weighted by Gasteiger charge is 2.36. The molecule has 2 N–H and O–H groups in total. The number of phenols is 2. The summed E-state index contributed by atoms with van der Waals surface area (Å²) in [6.07, 6.45) is 3.48. The molecule has 0 unspecified atom stereocenters. The number of Topliss-reactive ketones (excluding diaryl/α,β-unsaturated/α-hetero) is 1. The van der Waals surface area contributed by atoms with Crippen LogP contribution in [0.4, 0.5) is 0 Å². The molecule has 0 spiro atoms. The highest BCUT2D eigenvalue weighted by molar-refractivity contribution is 6.02. The summed E-state index contributed by atoms with van der Waals surface area (Å²) in [6.45, 7) is 1.76. The van der Waals surface area contributed by atoms with E-state index in [2.05, 4.69) is 0 Å². The Balaban J connectivity index is 2.00. The Bertz CT molecular complexity index is 586. The van der Waals surface area contributed by atoms with Crippen LogP contribution >= 0.6 is 0 Å². The first kappa shape index (κ1) is 12.8. The number of carbonyl (C=O) groups is 1. The van der Waals surface area contributed by atoms with Gasteiger partial charge in [0.15, 0.2) is 17.3 Å². The Hall–Kier alpha value is -2.17. The van der Waals surface area contributed by atoms with Crippen molar-refractivity contribution in [3.8, 4) is 17.2 Å². The smallest absolute Gasteiger partial charge is 0.182 e. The lowest BCUT2D eigenvalue weighted by Crippen LogP contribution is -2.45. The average Bonchev–Trinajstić information content (AvgIpc) is 2.46. The molecule has 0 saturated carbocycles. The van der Waals surface area contributed by atoms with E-state index < -0.39 is 0 Å². The van der Waals surface area contributed by atoms with E-state index in [9.17, 15) is 15.0 Å². The number of allylic oxidation sites excluding steroid dienone is 1. The van der Waals surface area contributed by atoms with Gasteiger partial charge in [0.25, 0.3) is 0 Å². The van der Waals surface area contributed by atoms with E-state index in [-0.39, 0.29) is 28.9 Å². The van der Waals surface area contributed by atoms with Gasteiger partial charge in [0.2, 0.25) is 0 Å². The maximum absolute atomic E-state index is 12.2. The molecular formula is C15H17NO4. The second-order valence-corrected chi connectivity index (χ2v) is 5.24. The average molecular weight is 275 g/mol. The van der Waals surface area contributed by atoms with E-state index in [4.69, 9.17) is 4.74 Å². The minimum atomic E-state index is -0.0550. The number of carbonyl (C=O) groups excluding carboxylic acids is 1. The number of rotatable bonds is 2. The fraction of sp³-hybridized carbons (Fsp3) is 0.400. The predicted octanol–water partition coefficient (Wildman–Crippen LogP) is 1.74. The minimum absolute atomic E-state index is 0.0115. The number of nitrogens with zero attached hydrogens (tertiary/aromatic N) is 1. The van der Waals surface area contributed by atoms with E-state index in [1.807, 2.05) is 4.90 Å². The van der Waals surface area contributed by atoms with E-state index in [0.29, 0.717) is 11.3 Å². The van der Waals surface area contributed by atoms with Crippen molar-refractivity contribution in [3.63, 3.8) is 0 Å². The Morgan fingerprint density at radius 3 is 2.55 bits per heavy atom. The first-order valence-corrected chi connectivity index (χ1v) is 6.71. The topological polar surface area (TPSA) is 70.0 Å². The van der Waals surface area contributed by atoms with Crippen molar-refractivity contribution in [2.24, 2.45) is 5.92 Å². The molecule has 0 aliphatic carbocycles. The number of aromatic hydroxyl groups is 2. The fourth-order valence-electron chi connectivity index (χ4n) is 2.91. The van der Waals surface area contributed by atoms with Crippen molar-refractivity contribution >= 4 is 11.9 Å². The van der Waals surface area contributed by atoms with Gasteiger partial charge in [-0.05, 0) is 25.0 Å². The molecule has 3 aliphatic rings. The van der Waals surface area contributed by atoms with Crippen LogP contribution in [0.3, 0.4) is 0 Å². The van der Waals surface area contributed by atoms with E-state index in [0.717, 1.165) is 25.9 Å². The lowest BCUT2D eigenvalue weighted by molar-refractivity contribution is -0.125. The zero-order valence-corrected chi connectivity index (χ0v) is 11.3. The molecule has 1 aromatic carbocycles. The number of hydrogen-bond acceptors (Lipinski definition) is 5. The van der Waals surface area contributed by atoms with Gasteiger partial charge in [-0.15, -0.1) is 0 Å². The summed E-state index contributed by atoms with van der Waals surface area (Å²) in [6, 6.07) is 2.76. The highest BCUT2D eigenvalue weighted by Crippen LogP contribution is 2.37. The van der Waals surface area contributed by atoms with Crippen LogP contribution in [0.2, 0.25) is 0 Å². The molecule has 2 bridgehead atoms. The second kappa shape index (κ2) is 4.74. The zero-order chi connectivity index (χ0) is 14.3. The van der Waals surface area contributed by atoms with Crippen molar-refractivity contribution in [2.45, 2.75) is 12.8 Å². The number of phenolic OH excluding ortho intramolecular Hbond substituents is 2. The standard InChI is InChI=1S/C15H17NO4/c1-20-14-8-12(17)10(7-13(14)18)6-11-15(19)9-2-4-16(11)5-3-9/h6-9,17-18H,2-5H2,1H3/b11-6+. The van der Waals surface area contributed by atoms with Crippen molar-refractivity contribution in [1.29, 1.82) is 0 Å². The summed E-state index contributed by atoms with van der Waals surface area (Å²) in [4.78, 5) is 14.3. The molecule has 5 heteroatoms. The summed E-state index contributed by atoms with van der Waals surface area (Å²) in [7, 11) is 1.42. The summed E-state index contributed by atoms with van der Waals surface area (Å²) >= 11 is 0. The van der Waals surface area contributed by atoms with Crippen LogP contribution in [0.15, 0.2) is 17.8 Å². The van der Waals surface area contributed by atoms with Crippen molar-refractivity contribution in [2.75, 3.05) is 20.2 Å². The van der Waals surface area contributed by atoms with Gasteiger partial charge in [0.05, 0.1) is 12.8 Å². The molecule has 20 heavy (non-hydrogen) atoms. The number of methoxy groups -OCH3 is 1. The van der Waals surface area contributed by atoms with Crippen molar-refractivity contribution in [1.82, 2.24) is 4.90 Å². The van der Waals surface area contributed by atoms with Crippen LogP contribution in [-0.4, -0.2) is 41.1 Å². The van der Waals surface area contributed by atoms with E-state index in [1.165, 1.54) is 19.2 Å². The van der Waals surface area contributed by atoms with Gasteiger partial charge in [-0.3, -0.25) is 4.79 Å². The molecule has 4 rings (SSSR count). The fourth-order valence-corrected chi connectivity index (χ4v) is 2.91. The maximum atomic E-state index is 12.2. The number of piperidine rings is 3. The van der Waals surface area contributed by atoms with E-state index >= 15 is 0 Å². The minimum Gasteiger partial charge on any atom is -0.507 e. The van der Waals surface area contributed by atoms with Gasteiger partial charge in [0, 0.05) is 30.6 Å². The molecule has 106 valence electrons. The number of benzene rings is 1. The Kier molecular flexibility index (Phi) is 3.04. The van der Waals surface area contributed by atoms with Gasteiger partial charge in [-0.2, -0.15) is 0 Å². The third-order valence-corrected chi connectivity index (χ3v) is 4.08. The number of fused-ring (bicyclic) bond motifs is 3. The first-order valence-electron chi connectivity index (χ1n) is 6.71. The Morgan fingerprint density at radius 1 is 1.25 bits per heavy atom. The molecule has 3 heterocycles. The van der Waals surface area contributed by atoms with Gasteiger partial charge in [0.1, 0.15) is 5.75 Å². The SMILES string of the molecule is COc1cc(O)c(/C=C2\C(=O)C3CCN2CC3)cc1O. The lowest BCUT2D eigenvalue weighted by atomic mass is 9.84. The van der Waals surface area contributed by atoms with Gasteiger partial charge in [-0.25, -0.2) is 0 Å². The van der Waals surface area contributed by atoms with Crippen LogP contribution in [0.5, 0.6) is 17.2 Å². The van der Waals surface area contributed by atoms with Crippen LogP contribution in [0.1, 0.15) is 18.4 Å². The number of ketones is 1. The Morgan fingerprint density at radius 2 is 1.95 bits per heavy atom. The van der Waals surface area contributed by atoms with Crippen molar-refractivity contribution in [3.05, 3.63) is 23.4 Å². The number of ether oxygens (including phenoxy) is 1. The molecule has 5 nitrogen and oxygen atoms in total. The molecule has 3 fully saturated rings. The first-order chi connectivity index (χ1) is 9.60. The van der Waals surface area contributed by atoms with E-state index in [1.54, 1.807) is 6.08 Å². The molecule has 0 atom stereocenters. The van der Waals surface area contributed by atoms with Crippen LogP contribution in [0, 0.1) is 5.92 Å². The largest absolute Gasteiger partial charge is 0.507 e. The van der Waals surface area contributed by atoms with Crippen LogP contribution in [0.25, 0.3) is 6.08 Å². The summed E-state index contributed by atoms with van der Waals surface area (Å²) < 4.78 is 4.93. The van der Waals surface area contributed by atoms with Gasteiger partial charge in [-0.1, -0.05) is 0 Å². The monoisotopic (exact) mass is 275 g/mol. The summed E-state index contributed by atoms with van der Waals surface area (Å²) in [5.74, 6) is 0.391. The third kappa shape index (κ3) is 1.99. The van der Waals surface area contributed by atoms with Gasteiger partial charge < -0.3 is 19.8 Å². The molecule has 3 aliphatic heterocycles. The quantitative estimate of drug-likeness (QED) is 0.635. The third-order valence-electron chi connectivity index (χ3n) is 4.08. The van der Waals surface area contributed by atoms with Crippen LogP contribution < -0.4 is 4.74 Å². The van der Waals surface area contributed by atoms with Gasteiger partial charge >= 0.3 is 0 Å². The van der Waals surface area contributed by atoms with Crippen LogP contribution in [-0.2, 0) is 4.79 Å².